The zero-order valence-corrected chi connectivity index (χ0v) is 12.3. The van der Waals surface area contributed by atoms with Crippen molar-refractivity contribution in [1.82, 2.24) is 0 Å². The van der Waals surface area contributed by atoms with Crippen LogP contribution < -0.4 is 0 Å². The molecule has 0 saturated heterocycles. The van der Waals surface area contributed by atoms with Crippen molar-refractivity contribution >= 4 is 8.32 Å². The van der Waals surface area contributed by atoms with Gasteiger partial charge in [0.25, 0.3) is 0 Å². The Labute approximate surface area is 102 Å². The Morgan fingerprint density at radius 1 is 1.00 bits per heavy atom. The van der Waals surface area contributed by atoms with Crippen LogP contribution in [0.1, 0.15) is 44.9 Å². The molecule has 0 aromatic heterocycles. The van der Waals surface area contributed by atoms with Crippen LogP contribution in [0.25, 0.3) is 0 Å². The standard InChI is InChI=1S/C14H28OSi/c1-16(2,3)15-11-10-13-9-8-12-6-4-5-7-14(12)13/h12-14H,4-11H2,1-3H3. The van der Waals surface area contributed by atoms with Crippen LogP contribution in [0, 0.1) is 17.8 Å². The summed E-state index contributed by atoms with van der Waals surface area (Å²) in [6, 6.07) is 0. The first kappa shape index (κ1) is 12.6. The molecule has 3 unspecified atom stereocenters. The second-order valence-corrected chi connectivity index (χ2v) is 11.3. The quantitative estimate of drug-likeness (QED) is 0.660. The maximum absolute atomic E-state index is 6.01. The Balaban J connectivity index is 1.74. The predicted octanol–water partition coefficient (Wildman–Crippen LogP) is 4.44. The van der Waals surface area contributed by atoms with Gasteiger partial charge in [0.2, 0.25) is 0 Å². The van der Waals surface area contributed by atoms with Crippen LogP contribution in [-0.2, 0) is 4.43 Å². The molecule has 2 aliphatic rings. The third-order valence-electron chi connectivity index (χ3n) is 4.51. The van der Waals surface area contributed by atoms with Crippen molar-refractivity contribution in [1.29, 1.82) is 0 Å². The Bertz CT molecular complexity index is 221. The molecule has 94 valence electrons. The molecule has 0 bridgehead atoms. The highest BCUT2D eigenvalue weighted by atomic mass is 28.4. The van der Waals surface area contributed by atoms with Crippen molar-refractivity contribution in [2.75, 3.05) is 6.61 Å². The molecule has 1 nitrogen and oxygen atoms in total. The van der Waals surface area contributed by atoms with Crippen molar-refractivity contribution in [2.45, 2.75) is 64.6 Å². The third kappa shape index (κ3) is 3.33. The first-order valence-electron chi connectivity index (χ1n) is 7.20. The average Bonchev–Trinajstić information content (AvgIpc) is 2.60. The van der Waals surface area contributed by atoms with E-state index in [0.29, 0.717) is 0 Å². The normalized spacial score (nSPS) is 35.1. The van der Waals surface area contributed by atoms with Gasteiger partial charge >= 0.3 is 0 Å². The van der Waals surface area contributed by atoms with Gasteiger partial charge < -0.3 is 4.43 Å². The Hall–Kier alpha value is 0.177. The molecule has 0 spiro atoms. The van der Waals surface area contributed by atoms with Crippen LogP contribution in [0.3, 0.4) is 0 Å². The van der Waals surface area contributed by atoms with E-state index < -0.39 is 8.32 Å². The topological polar surface area (TPSA) is 9.23 Å². The van der Waals surface area contributed by atoms with Crippen molar-refractivity contribution in [3.8, 4) is 0 Å². The first-order chi connectivity index (χ1) is 7.56. The van der Waals surface area contributed by atoms with E-state index in [2.05, 4.69) is 19.6 Å². The fraction of sp³-hybridized carbons (Fsp3) is 1.00. The lowest BCUT2D eigenvalue weighted by molar-refractivity contribution is 0.192. The molecule has 16 heavy (non-hydrogen) atoms. The lowest BCUT2D eigenvalue weighted by Crippen LogP contribution is -2.27. The van der Waals surface area contributed by atoms with Crippen LogP contribution >= 0.6 is 0 Å². The lowest BCUT2D eigenvalue weighted by Gasteiger charge is -2.29. The van der Waals surface area contributed by atoms with E-state index in [1.54, 1.807) is 0 Å². The zero-order chi connectivity index (χ0) is 11.6. The van der Waals surface area contributed by atoms with Crippen LogP contribution in [0.4, 0.5) is 0 Å². The second kappa shape index (κ2) is 5.22. The molecule has 0 amide bonds. The summed E-state index contributed by atoms with van der Waals surface area (Å²) in [7, 11) is -1.27. The van der Waals surface area contributed by atoms with Gasteiger partial charge in [0, 0.05) is 6.61 Å². The van der Waals surface area contributed by atoms with E-state index in [1.165, 1.54) is 44.9 Å². The lowest BCUT2D eigenvalue weighted by atomic mass is 9.77. The summed E-state index contributed by atoms with van der Waals surface area (Å²) in [6.07, 6.45) is 10.4. The second-order valence-electron chi connectivity index (χ2n) is 6.80. The van der Waals surface area contributed by atoms with Gasteiger partial charge in [0.05, 0.1) is 0 Å². The van der Waals surface area contributed by atoms with Gasteiger partial charge in [-0.2, -0.15) is 0 Å². The van der Waals surface area contributed by atoms with E-state index in [4.69, 9.17) is 4.43 Å². The van der Waals surface area contributed by atoms with Gasteiger partial charge in [-0.3, -0.25) is 0 Å². The van der Waals surface area contributed by atoms with Gasteiger partial charge in [-0.15, -0.1) is 0 Å². The Kier molecular flexibility index (Phi) is 4.12. The van der Waals surface area contributed by atoms with Gasteiger partial charge in [0.15, 0.2) is 8.32 Å². The zero-order valence-electron chi connectivity index (χ0n) is 11.3. The summed E-state index contributed by atoms with van der Waals surface area (Å²) in [4.78, 5) is 0. The van der Waals surface area contributed by atoms with Crippen molar-refractivity contribution in [2.24, 2.45) is 17.8 Å². The largest absolute Gasteiger partial charge is 0.418 e. The van der Waals surface area contributed by atoms with Crippen LogP contribution in [0.2, 0.25) is 19.6 Å². The minimum absolute atomic E-state index is 1.00. The van der Waals surface area contributed by atoms with Gasteiger partial charge in [-0.05, 0) is 63.1 Å². The Morgan fingerprint density at radius 3 is 2.50 bits per heavy atom. The molecule has 0 heterocycles. The molecule has 2 heteroatoms. The molecular formula is C14H28OSi. The molecule has 3 atom stereocenters. The minimum Gasteiger partial charge on any atom is -0.418 e. The molecule has 0 radical (unpaired) electrons. The summed E-state index contributed by atoms with van der Waals surface area (Å²) >= 11 is 0. The summed E-state index contributed by atoms with van der Waals surface area (Å²) in [5, 5.41) is 0. The molecule has 2 saturated carbocycles. The molecule has 2 aliphatic carbocycles. The summed E-state index contributed by atoms with van der Waals surface area (Å²) in [5.74, 6) is 3.16. The predicted molar refractivity (Wildman–Crippen MR) is 72.1 cm³/mol. The average molecular weight is 240 g/mol. The molecular weight excluding hydrogens is 212 g/mol. The van der Waals surface area contributed by atoms with E-state index in [-0.39, 0.29) is 0 Å². The fourth-order valence-electron chi connectivity index (χ4n) is 3.73. The monoisotopic (exact) mass is 240 g/mol. The van der Waals surface area contributed by atoms with E-state index >= 15 is 0 Å². The summed E-state index contributed by atoms with van der Waals surface area (Å²) in [6.45, 7) is 7.92. The number of hydrogen-bond donors (Lipinski definition) is 0. The van der Waals surface area contributed by atoms with Crippen LogP contribution in [0.15, 0.2) is 0 Å². The third-order valence-corrected chi connectivity index (χ3v) is 5.58. The van der Waals surface area contributed by atoms with Gasteiger partial charge in [0.1, 0.15) is 0 Å². The fourth-order valence-corrected chi connectivity index (χ4v) is 4.46. The molecule has 0 aromatic carbocycles. The highest BCUT2D eigenvalue weighted by Gasteiger charge is 2.36. The first-order valence-corrected chi connectivity index (χ1v) is 10.6. The van der Waals surface area contributed by atoms with Crippen LogP contribution in [0.5, 0.6) is 0 Å². The van der Waals surface area contributed by atoms with E-state index in [0.717, 1.165) is 24.4 Å². The van der Waals surface area contributed by atoms with Crippen molar-refractivity contribution < 1.29 is 4.43 Å². The van der Waals surface area contributed by atoms with Crippen molar-refractivity contribution in [3.63, 3.8) is 0 Å². The highest BCUT2D eigenvalue weighted by molar-refractivity contribution is 6.69. The summed E-state index contributed by atoms with van der Waals surface area (Å²) < 4.78 is 6.01. The number of rotatable bonds is 4. The Morgan fingerprint density at radius 2 is 1.75 bits per heavy atom. The van der Waals surface area contributed by atoms with Gasteiger partial charge in [-0.1, -0.05) is 19.3 Å². The molecule has 0 aromatic rings. The summed E-state index contributed by atoms with van der Waals surface area (Å²) in [5.41, 5.74) is 0. The molecule has 2 rings (SSSR count). The van der Waals surface area contributed by atoms with E-state index in [9.17, 15) is 0 Å². The van der Waals surface area contributed by atoms with Crippen molar-refractivity contribution in [3.05, 3.63) is 0 Å². The smallest absolute Gasteiger partial charge is 0.183 e. The number of fused-ring (bicyclic) bond motifs is 1. The highest BCUT2D eigenvalue weighted by Crippen LogP contribution is 2.47. The maximum Gasteiger partial charge on any atom is 0.183 e. The van der Waals surface area contributed by atoms with E-state index in [1.807, 2.05) is 0 Å². The number of hydrogen-bond acceptors (Lipinski definition) is 1. The molecule has 0 aliphatic heterocycles. The van der Waals surface area contributed by atoms with Crippen LogP contribution in [-0.4, -0.2) is 14.9 Å². The maximum atomic E-state index is 6.01. The molecule has 0 N–H and O–H groups in total. The minimum atomic E-state index is -1.27. The van der Waals surface area contributed by atoms with Gasteiger partial charge in [-0.25, -0.2) is 0 Å². The SMILES string of the molecule is C[Si](C)(C)OCCC1CCC2CCCCC21. The molecule has 2 fully saturated rings.